The molecule has 2 N–H and O–H groups in total. The molecule has 1 nitrogen and oxygen atoms in total. The van der Waals surface area contributed by atoms with Crippen molar-refractivity contribution in [1.29, 1.82) is 0 Å². The molecule has 1 rings (SSSR count). The zero-order valence-electron chi connectivity index (χ0n) is 9.05. The van der Waals surface area contributed by atoms with Gasteiger partial charge in [-0.2, -0.15) is 0 Å². The molecule has 0 aliphatic carbocycles. The van der Waals surface area contributed by atoms with Crippen molar-refractivity contribution in [2.75, 3.05) is 0 Å². The third kappa shape index (κ3) is 3.95. The van der Waals surface area contributed by atoms with Crippen molar-refractivity contribution in [3.05, 3.63) is 33.3 Å². The quantitative estimate of drug-likeness (QED) is 0.807. The van der Waals surface area contributed by atoms with Crippen molar-refractivity contribution in [1.82, 2.24) is 0 Å². The molecule has 0 bridgehead atoms. The molecule has 0 heterocycles. The molecule has 1 atom stereocenters. The summed E-state index contributed by atoms with van der Waals surface area (Å²) in [6.45, 7) is 6.35. The van der Waals surface area contributed by atoms with Gasteiger partial charge < -0.3 is 5.73 Å². The standard InChI is InChI=1S/C11H15BrClN.ClH/c1-11(2,3)10(14)8-6-7(13)4-5-9(8)12;/h4-6,10H,14H2,1-3H3;1H/t10-;/m0./s1. The van der Waals surface area contributed by atoms with Crippen LogP contribution in [0.4, 0.5) is 0 Å². The summed E-state index contributed by atoms with van der Waals surface area (Å²) in [4.78, 5) is 0. The summed E-state index contributed by atoms with van der Waals surface area (Å²) in [5.74, 6) is 0. The van der Waals surface area contributed by atoms with Crippen molar-refractivity contribution in [3.63, 3.8) is 0 Å². The Hall–Kier alpha value is 0.240. The topological polar surface area (TPSA) is 26.0 Å². The second-order valence-corrected chi connectivity index (χ2v) is 5.80. The van der Waals surface area contributed by atoms with E-state index >= 15 is 0 Å². The largest absolute Gasteiger partial charge is 0.323 e. The summed E-state index contributed by atoms with van der Waals surface area (Å²) in [5, 5.41) is 0.725. The Morgan fingerprint density at radius 2 is 1.87 bits per heavy atom. The molecule has 0 spiro atoms. The first kappa shape index (κ1) is 15.2. The highest BCUT2D eigenvalue weighted by Crippen LogP contribution is 2.35. The van der Waals surface area contributed by atoms with Gasteiger partial charge in [0, 0.05) is 15.5 Å². The van der Waals surface area contributed by atoms with Crippen LogP contribution in [0.5, 0.6) is 0 Å². The lowest BCUT2D eigenvalue weighted by Gasteiger charge is -2.28. The molecule has 86 valence electrons. The fraction of sp³-hybridized carbons (Fsp3) is 0.455. The van der Waals surface area contributed by atoms with E-state index in [1.807, 2.05) is 18.2 Å². The maximum atomic E-state index is 6.15. The molecule has 0 amide bonds. The zero-order chi connectivity index (χ0) is 10.9. The van der Waals surface area contributed by atoms with Gasteiger partial charge >= 0.3 is 0 Å². The van der Waals surface area contributed by atoms with Gasteiger partial charge in [0.15, 0.2) is 0 Å². The van der Waals surface area contributed by atoms with Crippen LogP contribution in [0.2, 0.25) is 5.02 Å². The molecule has 0 aromatic heterocycles. The summed E-state index contributed by atoms with van der Waals surface area (Å²) in [7, 11) is 0. The fourth-order valence-corrected chi connectivity index (χ4v) is 1.89. The number of halogens is 3. The molecule has 15 heavy (non-hydrogen) atoms. The van der Waals surface area contributed by atoms with E-state index in [2.05, 4.69) is 36.7 Å². The fourth-order valence-electron chi connectivity index (χ4n) is 1.22. The van der Waals surface area contributed by atoms with E-state index in [1.54, 1.807) is 0 Å². The maximum absolute atomic E-state index is 6.15. The van der Waals surface area contributed by atoms with Crippen molar-refractivity contribution in [2.45, 2.75) is 26.8 Å². The average Bonchev–Trinajstić information content (AvgIpc) is 2.06. The minimum absolute atomic E-state index is 0. The van der Waals surface area contributed by atoms with Gasteiger partial charge in [-0.15, -0.1) is 12.4 Å². The molecule has 0 aliphatic rings. The van der Waals surface area contributed by atoms with Crippen LogP contribution in [0.3, 0.4) is 0 Å². The SMILES string of the molecule is CC(C)(C)[C@@H](N)c1cc(Cl)ccc1Br.Cl. The lowest BCUT2D eigenvalue weighted by atomic mass is 9.83. The van der Waals surface area contributed by atoms with Crippen LogP contribution in [0, 0.1) is 5.41 Å². The zero-order valence-corrected chi connectivity index (χ0v) is 12.2. The first-order chi connectivity index (χ1) is 6.32. The summed E-state index contributed by atoms with van der Waals surface area (Å²) in [5.41, 5.74) is 7.25. The van der Waals surface area contributed by atoms with Crippen LogP contribution in [0.1, 0.15) is 32.4 Å². The summed E-state index contributed by atoms with van der Waals surface area (Å²) in [6.07, 6.45) is 0. The Bertz CT molecular complexity index is 334. The smallest absolute Gasteiger partial charge is 0.0410 e. The molecular weight excluding hydrogens is 297 g/mol. The normalized spacial score (nSPS) is 13.2. The Balaban J connectivity index is 0.00000196. The third-order valence-corrected chi connectivity index (χ3v) is 3.18. The Morgan fingerprint density at radius 1 is 1.33 bits per heavy atom. The minimum Gasteiger partial charge on any atom is -0.323 e. The van der Waals surface area contributed by atoms with Gasteiger partial charge in [0.2, 0.25) is 0 Å². The van der Waals surface area contributed by atoms with Crippen LogP contribution in [-0.4, -0.2) is 0 Å². The van der Waals surface area contributed by atoms with Crippen molar-refractivity contribution >= 4 is 39.9 Å². The first-order valence-electron chi connectivity index (χ1n) is 4.53. The van der Waals surface area contributed by atoms with E-state index in [9.17, 15) is 0 Å². The minimum atomic E-state index is -0.0180. The molecule has 0 unspecified atom stereocenters. The molecule has 0 fully saturated rings. The Kier molecular flexibility index (Phi) is 5.62. The van der Waals surface area contributed by atoms with Gasteiger partial charge in [-0.25, -0.2) is 0 Å². The van der Waals surface area contributed by atoms with E-state index in [1.165, 1.54) is 0 Å². The van der Waals surface area contributed by atoms with E-state index in [4.69, 9.17) is 17.3 Å². The average molecular weight is 313 g/mol. The van der Waals surface area contributed by atoms with Crippen molar-refractivity contribution in [2.24, 2.45) is 11.1 Å². The molecule has 1 aromatic rings. The third-order valence-electron chi connectivity index (χ3n) is 2.23. The van der Waals surface area contributed by atoms with Crippen LogP contribution >= 0.6 is 39.9 Å². The molecule has 4 heteroatoms. The predicted molar refractivity (Wildman–Crippen MR) is 72.8 cm³/mol. The molecule has 0 saturated carbocycles. The summed E-state index contributed by atoms with van der Waals surface area (Å²) in [6, 6.07) is 5.69. The van der Waals surface area contributed by atoms with E-state index in [0.29, 0.717) is 0 Å². The lowest BCUT2D eigenvalue weighted by molar-refractivity contribution is 0.326. The second kappa shape index (κ2) is 5.53. The van der Waals surface area contributed by atoms with Gasteiger partial charge in [-0.3, -0.25) is 0 Å². The highest BCUT2D eigenvalue weighted by atomic mass is 79.9. The highest BCUT2D eigenvalue weighted by molar-refractivity contribution is 9.10. The predicted octanol–water partition coefficient (Wildman–Crippen LogP) is 4.57. The number of nitrogens with two attached hydrogens (primary N) is 1. The van der Waals surface area contributed by atoms with Crippen molar-refractivity contribution in [3.8, 4) is 0 Å². The van der Waals surface area contributed by atoms with Crippen LogP contribution < -0.4 is 5.73 Å². The second-order valence-electron chi connectivity index (χ2n) is 4.51. The first-order valence-corrected chi connectivity index (χ1v) is 5.70. The molecule has 0 aliphatic heterocycles. The Morgan fingerprint density at radius 3 is 2.33 bits per heavy atom. The van der Waals surface area contributed by atoms with Gasteiger partial charge in [0.25, 0.3) is 0 Å². The molecule has 0 radical (unpaired) electrons. The monoisotopic (exact) mass is 311 g/mol. The van der Waals surface area contributed by atoms with Gasteiger partial charge in [0.05, 0.1) is 0 Å². The van der Waals surface area contributed by atoms with E-state index in [0.717, 1.165) is 15.1 Å². The number of benzene rings is 1. The summed E-state index contributed by atoms with van der Waals surface area (Å²) < 4.78 is 1.02. The number of hydrogen-bond donors (Lipinski definition) is 1. The Labute approximate surface area is 111 Å². The number of hydrogen-bond acceptors (Lipinski definition) is 1. The van der Waals surface area contributed by atoms with Gasteiger partial charge in [0.1, 0.15) is 0 Å². The number of rotatable bonds is 1. The van der Waals surface area contributed by atoms with E-state index < -0.39 is 0 Å². The van der Waals surface area contributed by atoms with E-state index in [-0.39, 0.29) is 23.9 Å². The summed E-state index contributed by atoms with van der Waals surface area (Å²) >= 11 is 9.42. The lowest BCUT2D eigenvalue weighted by Crippen LogP contribution is -2.26. The molecule has 0 saturated heterocycles. The molecule has 1 aromatic carbocycles. The van der Waals surface area contributed by atoms with Crippen LogP contribution in [0.15, 0.2) is 22.7 Å². The molecular formula is C11H16BrCl2N. The van der Waals surface area contributed by atoms with Crippen LogP contribution in [0.25, 0.3) is 0 Å². The maximum Gasteiger partial charge on any atom is 0.0410 e. The van der Waals surface area contributed by atoms with Gasteiger partial charge in [-0.05, 0) is 29.2 Å². The van der Waals surface area contributed by atoms with Gasteiger partial charge in [-0.1, -0.05) is 48.3 Å². The van der Waals surface area contributed by atoms with Crippen molar-refractivity contribution < 1.29 is 0 Å². The highest BCUT2D eigenvalue weighted by Gasteiger charge is 2.24. The van der Waals surface area contributed by atoms with Crippen LogP contribution in [-0.2, 0) is 0 Å².